The van der Waals surface area contributed by atoms with Crippen molar-refractivity contribution in [2.75, 3.05) is 7.11 Å². The van der Waals surface area contributed by atoms with Crippen LogP contribution in [0.3, 0.4) is 0 Å². The van der Waals surface area contributed by atoms with E-state index >= 15 is 0 Å². The number of hydrogen-bond donors (Lipinski definition) is 0. The van der Waals surface area contributed by atoms with E-state index < -0.39 is 14.8 Å². The van der Waals surface area contributed by atoms with Gasteiger partial charge in [0.2, 0.25) is 0 Å². The molecule has 29 heavy (non-hydrogen) atoms. The van der Waals surface area contributed by atoms with Crippen LogP contribution in [0.4, 0.5) is 0 Å². The minimum Gasteiger partial charge on any atom is -0.542 e. The molecular formula is C24H35O4Si. The molecule has 4 aliphatic carbocycles. The second kappa shape index (κ2) is 6.56. The van der Waals surface area contributed by atoms with Crippen LogP contribution in [0, 0.1) is 23.7 Å². The van der Waals surface area contributed by atoms with E-state index in [-0.39, 0.29) is 11.0 Å². The van der Waals surface area contributed by atoms with E-state index in [1.54, 1.807) is 7.11 Å². The number of hydrogen-bond acceptors (Lipinski definition) is 4. The molecule has 0 aromatic heterocycles. The molecule has 4 bridgehead atoms. The van der Waals surface area contributed by atoms with Crippen molar-refractivity contribution in [2.24, 2.45) is 23.7 Å². The smallest absolute Gasteiger partial charge is 0.274 e. The molecule has 0 N–H and O–H groups in total. The molecule has 1 unspecified atom stereocenters. The van der Waals surface area contributed by atoms with Crippen molar-refractivity contribution in [1.82, 2.24) is 0 Å². The molecule has 4 nitrogen and oxygen atoms in total. The van der Waals surface area contributed by atoms with Gasteiger partial charge in [-0.25, -0.2) is 4.89 Å². The normalized spacial score (nSPS) is 40.5. The molecule has 5 heteroatoms. The van der Waals surface area contributed by atoms with Crippen LogP contribution in [0.15, 0.2) is 18.2 Å². The highest BCUT2D eigenvalue weighted by atomic mass is 28.3. The Morgan fingerprint density at radius 1 is 0.966 bits per heavy atom. The average molecular weight is 416 g/mol. The highest BCUT2D eigenvalue weighted by molar-refractivity contribution is 6.49. The van der Waals surface area contributed by atoms with E-state index in [9.17, 15) is 0 Å². The van der Waals surface area contributed by atoms with Crippen molar-refractivity contribution in [1.29, 1.82) is 0 Å². The fraction of sp³-hybridized carbons (Fsp3) is 0.750. The molecule has 1 heterocycles. The number of ether oxygens (including phenoxy) is 1. The minimum absolute atomic E-state index is 0.0284. The predicted octanol–water partition coefficient (Wildman–Crippen LogP) is 5.57. The SMILES string of the molecule is COC1(c2cccc(C(C)(C)C)c2O[Si](C)C)OOC12C1CC3CC(C1)CC2C3. The summed E-state index contributed by atoms with van der Waals surface area (Å²) in [7, 11) is 0.829. The summed E-state index contributed by atoms with van der Waals surface area (Å²) in [5, 5.41) is 0. The lowest BCUT2D eigenvalue weighted by molar-refractivity contribution is -0.645. The first-order valence-electron chi connectivity index (χ1n) is 11.2. The third-order valence-corrected chi connectivity index (χ3v) is 8.55. The van der Waals surface area contributed by atoms with Crippen molar-refractivity contribution in [3.63, 3.8) is 0 Å². The molecule has 1 radical (unpaired) electrons. The summed E-state index contributed by atoms with van der Waals surface area (Å²) < 4.78 is 12.9. The standard InChI is InChI=1S/C24H35O4Si/c1-22(2,3)19-8-7-9-20(21(19)26-29(5)6)24(25-4)23(27-28-24)17-11-15-10-16(13-17)14-18(23)12-15/h7-9,15-18H,10-14H2,1-6H3. The molecule has 1 saturated heterocycles. The van der Waals surface area contributed by atoms with Gasteiger partial charge in [0, 0.05) is 7.11 Å². The topological polar surface area (TPSA) is 36.9 Å². The average Bonchev–Trinajstić information content (AvgIpc) is 2.61. The van der Waals surface area contributed by atoms with E-state index in [1.165, 1.54) is 37.7 Å². The molecule has 5 aliphatic rings. The van der Waals surface area contributed by atoms with Crippen LogP contribution in [0.25, 0.3) is 0 Å². The highest BCUT2D eigenvalue weighted by Gasteiger charge is 2.77. The second-order valence-electron chi connectivity index (χ2n) is 11.0. The first kappa shape index (κ1) is 20.0. The number of methoxy groups -OCH3 is 1. The lowest BCUT2D eigenvalue weighted by atomic mass is 9.47. The Morgan fingerprint density at radius 3 is 2.03 bits per heavy atom. The third kappa shape index (κ3) is 2.67. The van der Waals surface area contributed by atoms with Gasteiger partial charge in [0.05, 0.1) is 5.56 Å². The van der Waals surface area contributed by atoms with Gasteiger partial charge >= 0.3 is 0 Å². The van der Waals surface area contributed by atoms with Crippen molar-refractivity contribution in [3.8, 4) is 5.75 Å². The Hall–Kier alpha value is -0.883. The summed E-state index contributed by atoms with van der Waals surface area (Å²) in [5.41, 5.74) is 1.84. The number of rotatable bonds is 4. The fourth-order valence-electron chi connectivity index (χ4n) is 7.03. The van der Waals surface area contributed by atoms with Gasteiger partial charge in [-0.15, -0.1) is 0 Å². The first-order valence-corrected chi connectivity index (χ1v) is 13.7. The molecule has 0 amide bonds. The molecule has 1 aliphatic heterocycles. The predicted molar refractivity (Wildman–Crippen MR) is 114 cm³/mol. The van der Waals surface area contributed by atoms with Crippen LogP contribution in [0.1, 0.15) is 64.0 Å². The largest absolute Gasteiger partial charge is 0.542 e. The summed E-state index contributed by atoms with van der Waals surface area (Å²) in [6.07, 6.45) is 6.39. The zero-order valence-electron chi connectivity index (χ0n) is 18.7. The van der Waals surface area contributed by atoms with Crippen molar-refractivity contribution >= 4 is 9.04 Å². The lowest BCUT2D eigenvalue weighted by Crippen LogP contribution is -2.76. The lowest BCUT2D eigenvalue weighted by Gasteiger charge is -2.68. The zero-order chi connectivity index (χ0) is 20.6. The van der Waals surface area contributed by atoms with Gasteiger partial charge in [0.1, 0.15) is 5.75 Å². The van der Waals surface area contributed by atoms with Crippen molar-refractivity contribution in [3.05, 3.63) is 29.3 Å². The Balaban J connectivity index is 1.66. The Bertz CT molecular complexity index is 767. The van der Waals surface area contributed by atoms with Crippen LogP contribution >= 0.6 is 0 Å². The summed E-state index contributed by atoms with van der Waals surface area (Å²) >= 11 is 0. The molecule has 4 saturated carbocycles. The fourth-order valence-corrected chi connectivity index (χ4v) is 7.66. The Labute approximate surface area is 176 Å². The molecule has 1 spiro atoms. The van der Waals surface area contributed by atoms with E-state index in [0.29, 0.717) is 11.8 Å². The van der Waals surface area contributed by atoms with E-state index in [1.807, 2.05) is 0 Å². The number of benzene rings is 1. The molecule has 159 valence electrons. The van der Waals surface area contributed by atoms with E-state index in [0.717, 1.165) is 23.1 Å². The molecule has 1 aromatic rings. The van der Waals surface area contributed by atoms with Crippen LogP contribution in [-0.2, 0) is 25.7 Å². The van der Waals surface area contributed by atoms with Crippen LogP contribution in [0.2, 0.25) is 13.1 Å². The van der Waals surface area contributed by atoms with Gasteiger partial charge < -0.3 is 9.16 Å². The maximum atomic E-state index is 6.56. The molecule has 5 fully saturated rings. The maximum absolute atomic E-state index is 6.56. The minimum atomic E-state index is -0.955. The zero-order valence-corrected chi connectivity index (χ0v) is 19.7. The van der Waals surface area contributed by atoms with E-state index in [4.69, 9.17) is 18.9 Å². The molecular weight excluding hydrogens is 380 g/mol. The van der Waals surface area contributed by atoms with Crippen molar-refractivity contribution < 1.29 is 18.9 Å². The van der Waals surface area contributed by atoms with E-state index in [2.05, 4.69) is 52.1 Å². The van der Waals surface area contributed by atoms with Crippen LogP contribution in [-0.4, -0.2) is 21.8 Å². The highest BCUT2D eigenvalue weighted by Crippen LogP contribution is 2.70. The third-order valence-electron chi connectivity index (χ3n) is 7.93. The van der Waals surface area contributed by atoms with Crippen molar-refractivity contribution in [2.45, 2.75) is 82.8 Å². The summed E-state index contributed by atoms with van der Waals surface area (Å²) in [4.78, 5) is 12.2. The van der Waals surface area contributed by atoms with Gasteiger partial charge in [-0.05, 0) is 85.9 Å². The summed E-state index contributed by atoms with van der Waals surface area (Å²) in [6.45, 7) is 11.1. The molecule has 1 aromatic carbocycles. The van der Waals surface area contributed by atoms with Gasteiger partial charge in [-0.1, -0.05) is 32.9 Å². The van der Waals surface area contributed by atoms with Crippen LogP contribution in [0.5, 0.6) is 5.75 Å². The summed E-state index contributed by atoms with van der Waals surface area (Å²) in [5.74, 6) is 2.82. The number of para-hydroxylation sites is 1. The van der Waals surface area contributed by atoms with Gasteiger partial charge in [0.25, 0.3) is 14.8 Å². The van der Waals surface area contributed by atoms with Gasteiger partial charge in [-0.3, -0.25) is 0 Å². The Morgan fingerprint density at radius 2 is 1.59 bits per heavy atom. The monoisotopic (exact) mass is 415 g/mol. The second-order valence-corrected chi connectivity index (χ2v) is 13.0. The van der Waals surface area contributed by atoms with Gasteiger partial charge in [0.15, 0.2) is 5.60 Å². The summed E-state index contributed by atoms with van der Waals surface area (Å²) in [6, 6.07) is 6.47. The van der Waals surface area contributed by atoms with Gasteiger partial charge in [-0.2, -0.15) is 4.89 Å². The Kier molecular flexibility index (Phi) is 4.53. The molecule has 6 rings (SSSR count). The molecule has 1 atom stereocenters. The maximum Gasteiger partial charge on any atom is 0.274 e. The quantitative estimate of drug-likeness (QED) is 0.476. The van der Waals surface area contributed by atoms with Crippen LogP contribution < -0.4 is 4.43 Å². The first-order chi connectivity index (χ1) is 13.7.